The van der Waals surface area contributed by atoms with Crippen LogP contribution in [0.3, 0.4) is 0 Å². The molecule has 0 aliphatic rings. The maximum Gasteiger partial charge on any atom is 0.408 e. The smallest absolute Gasteiger partial charge is 0.408 e. The van der Waals surface area contributed by atoms with E-state index in [1.165, 1.54) is 0 Å². The van der Waals surface area contributed by atoms with Gasteiger partial charge in [0.25, 0.3) is 0 Å². The first-order valence-electron chi connectivity index (χ1n) is 11.9. The van der Waals surface area contributed by atoms with Crippen molar-refractivity contribution >= 4 is 29.8 Å². The van der Waals surface area contributed by atoms with Crippen LogP contribution in [-0.2, 0) is 30.5 Å². The van der Waals surface area contributed by atoms with E-state index < -0.39 is 55.0 Å². The molecule has 1 rings (SSSR count). The number of carbonyl (C=O) groups is 5. The van der Waals surface area contributed by atoms with Gasteiger partial charge in [0.15, 0.2) is 0 Å². The van der Waals surface area contributed by atoms with Crippen molar-refractivity contribution in [1.29, 1.82) is 0 Å². The summed E-state index contributed by atoms with van der Waals surface area (Å²) < 4.78 is 5.16. The second kappa shape index (κ2) is 16.9. The number of alkyl carbamates (subject to hydrolysis) is 1. The molecule has 36 heavy (non-hydrogen) atoms. The number of hydrogen-bond donors (Lipinski definition) is 6. The lowest BCUT2D eigenvalue weighted by atomic mass is 10.0. The Morgan fingerprint density at radius 1 is 0.917 bits per heavy atom. The molecule has 1 aromatic rings. The summed E-state index contributed by atoms with van der Waals surface area (Å²) in [4.78, 5) is 60.0. The first kappa shape index (κ1) is 30.4. The number of carbonyl (C=O) groups excluding carboxylic acids is 4. The third-order valence-electron chi connectivity index (χ3n) is 4.98. The second-order valence-electron chi connectivity index (χ2n) is 8.63. The van der Waals surface area contributed by atoms with Crippen LogP contribution in [-0.4, -0.2) is 66.6 Å². The molecule has 12 heteroatoms. The van der Waals surface area contributed by atoms with E-state index in [4.69, 9.17) is 10.5 Å². The summed E-state index contributed by atoms with van der Waals surface area (Å²) in [5.41, 5.74) is 6.29. The number of hydrogen-bond acceptors (Lipinski definition) is 7. The SMILES string of the molecule is CC(C)C[C@H](NC(=O)CNC(=O)CNC(=O)[C@H](CCCCN)NC(=O)OCc1ccccc1)C(=O)O. The maximum atomic E-state index is 12.6. The number of ether oxygens (including phenoxy) is 1. The Morgan fingerprint density at radius 2 is 1.58 bits per heavy atom. The number of benzene rings is 1. The fraction of sp³-hybridized carbons (Fsp3) is 0.542. The number of amides is 4. The van der Waals surface area contributed by atoms with E-state index in [-0.39, 0.29) is 18.9 Å². The Morgan fingerprint density at radius 3 is 2.19 bits per heavy atom. The van der Waals surface area contributed by atoms with E-state index in [2.05, 4.69) is 21.3 Å². The molecule has 1 aromatic carbocycles. The molecule has 0 spiro atoms. The van der Waals surface area contributed by atoms with Crippen molar-refractivity contribution in [1.82, 2.24) is 21.3 Å². The van der Waals surface area contributed by atoms with E-state index in [9.17, 15) is 29.1 Å². The molecule has 0 aliphatic carbocycles. The minimum atomic E-state index is -1.16. The fourth-order valence-corrected chi connectivity index (χ4v) is 3.14. The highest BCUT2D eigenvalue weighted by Crippen LogP contribution is 2.05. The predicted molar refractivity (Wildman–Crippen MR) is 131 cm³/mol. The molecule has 0 radical (unpaired) electrons. The Bertz CT molecular complexity index is 864. The lowest BCUT2D eigenvalue weighted by Gasteiger charge is -2.18. The van der Waals surface area contributed by atoms with Gasteiger partial charge in [0, 0.05) is 0 Å². The summed E-state index contributed by atoms with van der Waals surface area (Å²) in [5.74, 6) is -3.01. The number of carboxylic acids is 1. The maximum absolute atomic E-state index is 12.6. The molecular formula is C24H37N5O7. The quantitative estimate of drug-likeness (QED) is 0.172. The third kappa shape index (κ3) is 13.3. The summed E-state index contributed by atoms with van der Waals surface area (Å²) in [6, 6.07) is 7.05. The highest BCUT2D eigenvalue weighted by Gasteiger charge is 2.23. The van der Waals surface area contributed by atoms with Crippen LogP contribution in [0.4, 0.5) is 4.79 Å². The summed E-state index contributed by atoms with van der Waals surface area (Å²) >= 11 is 0. The van der Waals surface area contributed by atoms with E-state index in [0.717, 1.165) is 5.56 Å². The summed E-state index contributed by atoms with van der Waals surface area (Å²) in [7, 11) is 0. The summed E-state index contributed by atoms with van der Waals surface area (Å²) in [6.07, 6.45) is 0.981. The molecule has 0 aliphatic heterocycles. The van der Waals surface area contributed by atoms with E-state index in [0.29, 0.717) is 25.8 Å². The van der Waals surface area contributed by atoms with Gasteiger partial charge in [-0.1, -0.05) is 44.2 Å². The van der Waals surface area contributed by atoms with Gasteiger partial charge in [-0.05, 0) is 43.7 Å². The van der Waals surface area contributed by atoms with Gasteiger partial charge in [0.1, 0.15) is 18.7 Å². The second-order valence-corrected chi connectivity index (χ2v) is 8.63. The third-order valence-corrected chi connectivity index (χ3v) is 4.98. The molecule has 0 saturated carbocycles. The number of aliphatic carboxylic acids is 1. The Labute approximate surface area is 210 Å². The fourth-order valence-electron chi connectivity index (χ4n) is 3.14. The molecule has 12 nitrogen and oxygen atoms in total. The number of carboxylic acid groups (broad SMARTS) is 1. The minimum absolute atomic E-state index is 0.0359. The van der Waals surface area contributed by atoms with Gasteiger partial charge in [-0.3, -0.25) is 14.4 Å². The van der Waals surface area contributed by atoms with Crippen LogP contribution in [0.15, 0.2) is 30.3 Å². The first-order valence-corrected chi connectivity index (χ1v) is 11.9. The van der Waals surface area contributed by atoms with Crippen LogP contribution in [0, 0.1) is 5.92 Å². The molecule has 200 valence electrons. The van der Waals surface area contributed by atoms with Crippen molar-refractivity contribution in [3.63, 3.8) is 0 Å². The molecule has 4 amide bonds. The molecule has 2 atom stereocenters. The van der Waals surface area contributed by atoms with E-state index >= 15 is 0 Å². The van der Waals surface area contributed by atoms with Gasteiger partial charge in [-0.2, -0.15) is 0 Å². The Hall–Kier alpha value is -3.67. The van der Waals surface area contributed by atoms with Gasteiger partial charge in [0.2, 0.25) is 17.7 Å². The van der Waals surface area contributed by atoms with Crippen LogP contribution in [0.25, 0.3) is 0 Å². The van der Waals surface area contributed by atoms with Crippen LogP contribution < -0.4 is 27.0 Å². The lowest BCUT2D eigenvalue weighted by molar-refractivity contribution is -0.142. The minimum Gasteiger partial charge on any atom is -0.480 e. The molecule has 0 fully saturated rings. The van der Waals surface area contributed by atoms with Crippen molar-refractivity contribution in [2.24, 2.45) is 11.7 Å². The summed E-state index contributed by atoms with van der Waals surface area (Å²) in [5, 5.41) is 18.8. The highest BCUT2D eigenvalue weighted by atomic mass is 16.5. The van der Waals surface area contributed by atoms with Gasteiger partial charge < -0.3 is 36.8 Å². The average Bonchev–Trinajstić information content (AvgIpc) is 2.84. The zero-order chi connectivity index (χ0) is 26.9. The number of unbranched alkanes of at least 4 members (excludes halogenated alkanes) is 1. The molecule has 0 saturated heterocycles. The van der Waals surface area contributed by atoms with Crippen LogP contribution in [0.2, 0.25) is 0 Å². The number of nitrogens with one attached hydrogen (secondary N) is 4. The standard InChI is InChI=1S/C24H37N5O7/c1-16(2)12-19(23(33)34)28-21(31)14-26-20(30)13-27-22(32)18(10-6-7-11-25)29-24(35)36-15-17-8-4-3-5-9-17/h3-5,8-9,16,18-19H,6-7,10-15,25H2,1-2H3,(H,26,30)(H,27,32)(H,28,31)(H,29,35)(H,33,34)/t18-,19-/m0/s1. The molecule has 0 aromatic heterocycles. The Kier molecular flexibility index (Phi) is 14.2. The van der Waals surface area contributed by atoms with Crippen molar-refractivity contribution in [3.8, 4) is 0 Å². The van der Waals surface area contributed by atoms with Crippen LogP contribution in [0.5, 0.6) is 0 Å². The van der Waals surface area contributed by atoms with E-state index in [1.807, 2.05) is 32.0 Å². The normalized spacial score (nSPS) is 12.2. The van der Waals surface area contributed by atoms with Crippen LogP contribution >= 0.6 is 0 Å². The van der Waals surface area contributed by atoms with Crippen LogP contribution in [0.1, 0.15) is 45.1 Å². The lowest BCUT2D eigenvalue weighted by Crippen LogP contribution is -2.50. The topological polar surface area (TPSA) is 189 Å². The van der Waals surface area contributed by atoms with Gasteiger partial charge in [0.05, 0.1) is 13.1 Å². The van der Waals surface area contributed by atoms with E-state index in [1.54, 1.807) is 12.1 Å². The largest absolute Gasteiger partial charge is 0.480 e. The van der Waals surface area contributed by atoms with Crippen molar-refractivity contribution in [2.45, 2.75) is 58.2 Å². The first-order chi connectivity index (χ1) is 17.1. The van der Waals surface area contributed by atoms with Gasteiger partial charge in [-0.25, -0.2) is 9.59 Å². The monoisotopic (exact) mass is 507 g/mol. The van der Waals surface area contributed by atoms with Gasteiger partial charge >= 0.3 is 12.1 Å². The predicted octanol–water partition coefficient (Wildman–Crippen LogP) is 0.258. The highest BCUT2D eigenvalue weighted by molar-refractivity contribution is 5.91. The number of nitrogens with two attached hydrogens (primary N) is 1. The zero-order valence-electron chi connectivity index (χ0n) is 20.7. The molecular weight excluding hydrogens is 470 g/mol. The molecule has 0 unspecified atom stereocenters. The van der Waals surface area contributed by atoms with Crippen molar-refractivity contribution in [3.05, 3.63) is 35.9 Å². The molecule has 0 heterocycles. The zero-order valence-corrected chi connectivity index (χ0v) is 20.7. The average molecular weight is 508 g/mol. The van der Waals surface area contributed by atoms with Crippen molar-refractivity contribution < 1.29 is 33.8 Å². The van der Waals surface area contributed by atoms with Gasteiger partial charge in [-0.15, -0.1) is 0 Å². The number of rotatable bonds is 16. The van der Waals surface area contributed by atoms with Crippen molar-refractivity contribution in [2.75, 3.05) is 19.6 Å². The molecule has 7 N–H and O–H groups in total. The Balaban J connectivity index is 2.50. The molecule has 0 bridgehead atoms. The summed E-state index contributed by atoms with van der Waals surface area (Å²) in [6.45, 7) is 3.24.